The van der Waals surface area contributed by atoms with E-state index >= 15 is 0 Å². The number of benzene rings is 2. The van der Waals surface area contributed by atoms with Gasteiger partial charge in [0, 0.05) is 5.56 Å². The van der Waals surface area contributed by atoms with Crippen molar-refractivity contribution in [2.75, 3.05) is 6.61 Å². The van der Waals surface area contributed by atoms with Gasteiger partial charge in [-0.1, -0.05) is 29.8 Å². The lowest BCUT2D eigenvalue weighted by molar-refractivity contribution is -0.139. The first kappa shape index (κ1) is 14.1. The summed E-state index contributed by atoms with van der Waals surface area (Å²) in [5.74, 6) is -0.759. The predicted molar refractivity (Wildman–Crippen MR) is 78.2 cm³/mol. The van der Waals surface area contributed by atoms with Gasteiger partial charge in [-0.15, -0.1) is 0 Å². The zero-order valence-corrected chi connectivity index (χ0v) is 11.9. The Hall–Kier alpha value is -2.82. The number of hydrogen-bond acceptors (Lipinski definition) is 4. The highest BCUT2D eigenvalue weighted by Crippen LogP contribution is 2.39. The Balaban J connectivity index is 1.87. The van der Waals surface area contributed by atoms with Crippen molar-refractivity contribution in [2.24, 2.45) is 0 Å². The number of esters is 1. The van der Waals surface area contributed by atoms with Crippen molar-refractivity contribution in [2.45, 2.75) is 12.8 Å². The first-order valence-electron chi connectivity index (χ1n) is 6.81. The van der Waals surface area contributed by atoms with Gasteiger partial charge in [-0.3, -0.25) is 4.79 Å². The van der Waals surface area contributed by atoms with E-state index < -0.39 is 18.5 Å². The van der Waals surface area contributed by atoms with Crippen LogP contribution in [-0.4, -0.2) is 23.7 Å². The largest absolute Gasteiger partial charge is 0.482 e. The molecule has 5 heteroatoms. The number of rotatable bonds is 4. The van der Waals surface area contributed by atoms with Crippen LogP contribution in [0.4, 0.5) is 0 Å². The van der Waals surface area contributed by atoms with Gasteiger partial charge in [-0.25, -0.2) is 4.79 Å². The molecule has 112 valence electrons. The van der Waals surface area contributed by atoms with E-state index in [0.29, 0.717) is 11.5 Å². The number of carboxylic acid groups (broad SMARTS) is 1. The average Bonchev–Trinajstić information content (AvgIpc) is 2.81. The number of carbonyl (C=O) groups excluding carboxylic acids is 1. The van der Waals surface area contributed by atoms with Gasteiger partial charge in [-0.05, 0) is 30.7 Å². The van der Waals surface area contributed by atoms with Crippen molar-refractivity contribution in [3.8, 4) is 11.5 Å². The zero-order chi connectivity index (χ0) is 15.7. The summed E-state index contributed by atoms with van der Waals surface area (Å²) in [6.07, 6.45) is 0. The second-order valence-electron chi connectivity index (χ2n) is 5.15. The third-order valence-corrected chi connectivity index (χ3v) is 3.50. The quantitative estimate of drug-likeness (QED) is 0.693. The number of fused-ring (bicyclic) bond motifs is 1. The van der Waals surface area contributed by atoms with Gasteiger partial charge < -0.3 is 14.6 Å². The fourth-order valence-electron chi connectivity index (χ4n) is 2.50. The summed E-state index contributed by atoms with van der Waals surface area (Å²) < 4.78 is 10.4. The third-order valence-electron chi connectivity index (χ3n) is 3.50. The van der Waals surface area contributed by atoms with E-state index in [1.54, 1.807) is 30.3 Å². The lowest BCUT2D eigenvalue weighted by Gasteiger charge is -2.09. The van der Waals surface area contributed by atoms with E-state index in [0.717, 1.165) is 16.7 Å². The minimum atomic E-state index is -1.03. The number of hydrogen-bond donors (Lipinski definition) is 1. The zero-order valence-electron chi connectivity index (χ0n) is 11.9. The number of aliphatic carboxylic acids is 1. The van der Waals surface area contributed by atoms with Gasteiger partial charge in [0.15, 0.2) is 6.61 Å². The van der Waals surface area contributed by atoms with Crippen LogP contribution in [0.3, 0.4) is 0 Å². The molecule has 1 unspecified atom stereocenters. The summed E-state index contributed by atoms with van der Waals surface area (Å²) in [6.45, 7) is 1.57. The Morgan fingerprint density at radius 3 is 2.64 bits per heavy atom. The molecule has 1 N–H and O–H groups in total. The Morgan fingerprint density at radius 2 is 1.95 bits per heavy atom. The predicted octanol–water partition coefficient (Wildman–Crippen LogP) is 2.51. The van der Waals surface area contributed by atoms with Crippen LogP contribution in [0.25, 0.3) is 0 Å². The molecule has 0 amide bonds. The summed E-state index contributed by atoms with van der Waals surface area (Å²) in [6, 6.07) is 12.4. The van der Waals surface area contributed by atoms with Crippen LogP contribution in [0.5, 0.6) is 11.5 Å². The maximum Gasteiger partial charge on any atom is 0.341 e. The second-order valence-corrected chi connectivity index (χ2v) is 5.15. The molecule has 1 atom stereocenters. The van der Waals surface area contributed by atoms with Crippen molar-refractivity contribution in [1.82, 2.24) is 0 Å². The van der Waals surface area contributed by atoms with Crippen LogP contribution in [0.15, 0.2) is 42.5 Å². The molecule has 0 bridgehead atoms. The second kappa shape index (κ2) is 5.52. The van der Waals surface area contributed by atoms with Crippen molar-refractivity contribution >= 4 is 11.9 Å². The van der Waals surface area contributed by atoms with E-state index in [2.05, 4.69) is 0 Å². The molecule has 0 aliphatic carbocycles. The SMILES string of the molecule is Cc1ccc2c(c1)C(c1ccc(OCC(=O)O)cc1)C(=O)O2. The monoisotopic (exact) mass is 298 g/mol. The van der Waals surface area contributed by atoms with Crippen LogP contribution in [-0.2, 0) is 9.59 Å². The van der Waals surface area contributed by atoms with Gasteiger partial charge in [0.2, 0.25) is 0 Å². The summed E-state index contributed by atoms with van der Waals surface area (Å²) in [5, 5.41) is 8.59. The molecule has 2 aromatic rings. The Morgan fingerprint density at radius 1 is 1.23 bits per heavy atom. The first-order valence-corrected chi connectivity index (χ1v) is 6.81. The summed E-state index contributed by atoms with van der Waals surface area (Å²) >= 11 is 0. The molecule has 1 aliphatic rings. The van der Waals surface area contributed by atoms with Gasteiger partial charge in [0.25, 0.3) is 0 Å². The molecule has 5 nitrogen and oxygen atoms in total. The van der Waals surface area contributed by atoms with E-state index in [1.165, 1.54) is 0 Å². The number of ether oxygens (including phenoxy) is 2. The van der Waals surface area contributed by atoms with Gasteiger partial charge >= 0.3 is 11.9 Å². The lowest BCUT2D eigenvalue weighted by atomic mass is 9.92. The van der Waals surface area contributed by atoms with Crippen molar-refractivity contribution < 1.29 is 24.2 Å². The van der Waals surface area contributed by atoms with Crippen molar-refractivity contribution in [3.63, 3.8) is 0 Å². The molecule has 0 aromatic heterocycles. The fraction of sp³-hybridized carbons (Fsp3) is 0.176. The number of carbonyl (C=O) groups is 2. The molecular formula is C17H14O5. The van der Waals surface area contributed by atoms with Gasteiger partial charge in [0.1, 0.15) is 17.4 Å². The molecule has 0 radical (unpaired) electrons. The van der Waals surface area contributed by atoms with Gasteiger partial charge in [-0.2, -0.15) is 0 Å². The topological polar surface area (TPSA) is 72.8 Å². The molecule has 3 rings (SSSR count). The number of carboxylic acids is 1. The number of aryl methyl sites for hydroxylation is 1. The molecule has 0 saturated carbocycles. The molecule has 0 fully saturated rings. The Bertz CT molecular complexity index is 733. The van der Waals surface area contributed by atoms with Crippen LogP contribution in [0, 0.1) is 6.92 Å². The highest BCUT2D eigenvalue weighted by molar-refractivity contribution is 5.89. The average molecular weight is 298 g/mol. The highest BCUT2D eigenvalue weighted by atomic mass is 16.5. The molecule has 0 spiro atoms. The maximum atomic E-state index is 12.1. The standard InChI is InChI=1S/C17H14O5/c1-10-2-7-14-13(8-10)16(17(20)22-14)11-3-5-12(6-4-11)21-9-15(18)19/h2-8,16H,9H2,1H3,(H,18,19). The van der Waals surface area contributed by atoms with Crippen molar-refractivity contribution in [1.29, 1.82) is 0 Å². The lowest BCUT2D eigenvalue weighted by Crippen LogP contribution is -2.12. The van der Waals surface area contributed by atoms with Crippen LogP contribution < -0.4 is 9.47 Å². The van der Waals surface area contributed by atoms with Crippen LogP contribution in [0.2, 0.25) is 0 Å². The minimum Gasteiger partial charge on any atom is -0.482 e. The molecule has 1 aliphatic heterocycles. The first-order chi connectivity index (χ1) is 10.5. The maximum absolute atomic E-state index is 12.1. The normalized spacial score (nSPS) is 16.0. The molecule has 2 aromatic carbocycles. The van der Waals surface area contributed by atoms with Crippen molar-refractivity contribution in [3.05, 3.63) is 59.2 Å². The van der Waals surface area contributed by atoms with Gasteiger partial charge in [0.05, 0.1) is 0 Å². The Kier molecular flexibility index (Phi) is 3.55. The summed E-state index contributed by atoms with van der Waals surface area (Å²) in [4.78, 5) is 22.6. The van der Waals surface area contributed by atoms with E-state index in [-0.39, 0.29) is 5.97 Å². The van der Waals surface area contributed by atoms with E-state index in [1.807, 2.05) is 19.1 Å². The highest BCUT2D eigenvalue weighted by Gasteiger charge is 2.34. The molecular weight excluding hydrogens is 284 g/mol. The summed E-state index contributed by atoms with van der Waals surface area (Å²) in [5.41, 5.74) is 2.70. The molecule has 0 saturated heterocycles. The molecule has 22 heavy (non-hydrogen) atoms. The smallest absolute Gasteiger partial charge is 0.341 e. The third kappa shape index (κ3) is 2.65. The summed E-state index contributed by atoms with van der Waals surface area (Å²) in [7, 11) is 0. The van der Waals surface area contributed by atoms with Crippen LogP contribution in [0.1, 0.15) is 22.6 Å². The Labute approximate surface area is 127 Å². The minimum absolute atomic E-state index is 0.306. The van der Waals surface area contributed by atoms with E-state index in [9.17, 15) is 9.59 Å². The fourth-order valence-corrected chi connectivity index (χ4v) is 2.50. The molecule has 1 heterocycles. The van der Waals surface area contributed by atoms with E-state index in [4.69, 9.17) is 14.6 Å². The van der Waals surface area contributed by atoms with Crippen LogP contribution >= 0.6 is 0 Å².